The highest BCUT2D eigenvalue weighted by atomic mass is 16.5. The van der Waals surface area contributed by atoms with Crippen molar-refractivity contribution >= 4 is 28.1 Å². The maximum atomic E-state index is 12.8. The molecule has 32 heavy (non-hydrogen) atoms. The van der Waals surface area contributed by atoms with Gasteiger partial charge in [0.2, 0.25) is 0 Å². The van der Waals surface area contributed by atoms with Gasteiger partial charge in [-0.05, 0) is 18.2 Å². The molecule has 0 atom stereocenters. The molecule has 5 N–H and O–H groups in total. The number of rotatable bonds is 6. The van der Waals surface area contributed by atoms with Crippen LogP contribution in [0.3, 0.4) is 0 Å². The lowest BCUT2D eigenvalue weighted by Crippen LogP contribution is -2.37. The van der Waals surface area contributed by atoms with E-state index in [0.29, 0.717) is 65.7 Å². The van der Waals surface area contributed by atoms with Crippen LogP contribution in [-0.4, -0.2) is 45.5 Å². The number of aromatic amines is 1. The first kappa shape index (κ1) is 21.5. The molecule has 1 fully saturated rings. The minimum atomic E-state index is -0.0700. The summed E-state index contributed by atoms with van der Waals surface area (Å²) < 4.78 is 16.0. The number of aromatic nitrogens is 1. The molecule has 2 aromatic carbocycles. The molecule has 0 bridgehead atoms. The van der Waals surface area contributed by atoms with Crippen LogP contribution in [-0.2, 0) is 4.74 Å². The quantitative estimate of drug-likeness (QED) is 0.396. The second-order valence-corrected chi connectivity index (χ2v) is 7.38. The number of ether oxygens (including phenoxy) is 3. The molecule has 0 spiro atoms. The summed E-state index contributed by atoms with van der Waals surface area (Å²) in [6.07, 6.45) is 1.61. The van der Waals surface area contributed by atoms with Crippen LogP contribution >= 0.6 is 0 Å². The van der Waals surface area contributed by atoms with Gasteiger partial charge in [-0.2, -0.15) is 0 Å². The van der Waals surface area contributed by atoms with Crippen molar-refractivity contribution in [2.24, 2.45) is 11.6 Å². The van der Waals surface area contributed by atoms with Gasteiger partial charge in [-0.1, -0.05) is 12.1 Å². The molecule has 0 aliphatic carbocycles. The number of benzene rings is 2. The van der Waals surface area contributed by atoms with E-state index in [1.165, 1.54) is 5.01 Å². The predicted octanol–water partition coefficient (Wildman–Crippen LogP) is 2.02. The first-order chi connectivity index (χ1) is 15.5. The number of fused-ring (bicyclic) bond motifs is 1. The summed E-state index contributed by atoms with van der Waals surface area (Å²) in [7, 11) is 3.13. The lowest BCUT2D eigenvalue weighted by molar-refractivity contribution is 0.122. The number of H-pyrrole nitrogens is 1. The molecule has 1 saturated heterocycles. The molecule has 4 rings (SSSR count). The number of methoxy groups -OCH3 is 2. The SMILES string of the molecule is COc1ccc(N(N)/C=C(\N)c2cccc3c(=O)cc(N4CCOCC4)[nH]c23)cc1OC. The second kappa shape index (κ2) is 9.21. The second-order valence-electron chi connectivity index (χ2n) is 7.38. The zero-order valence-corrected chi connectivity index (χ0v) is 18.1. The van der Waals surface area contributed by atoms with E-state index in [2.05, 4.69) is 9.88 Å². The van der Waals surface area contributed by atoms with E-state index in [1.807, 2.05) is 6.07 Å². The van der Waals surface area contributed by atoms with Gasteiger partial charge in [-0.3, -0.25) is 9.80 Å². The standard InChI is InChI=1S/C23H27N5O4/c1-30-20-7-6-15(12-21(20)31-2)28(25)14-18(24)16-4-3-5-17-19(29)13-22(26-23(16)17)27-8-10-32-11-9-27/h3-7,12-14H,8-11,24-25H2,1-2H3,(H,26,29)/b18-14-. The van der Waals surface area contributed by atoms with Gasteiger partial charge in [0, 0.05) is 42.4 Å². The van der Waals surface area contributed by atoms with Gasteiger partial charge in [-0.25, -0.2) is 5.84 Å². The topological polar surface area (TPSA) is 119 Å². The Morgan fingerprint density at radius 2 is 1.88 bits per heavy atom. The normalized spacial score (nSPS) is 14.5. The van der Waals surface area contributed by atoms with E-state index in [0.717, 1.165) is 5.82 Å². The molecule has 9 nitrogen and oxygen atoms in total. The van der Waals surface area contributed by atoms with Gasteiger partial charge in [0.15, 0.2) is 16.9 Å². The number of nitrogens with one attached hydrogen (secondary N) is 1. The van der Waals surface area contributed by atoms with Crippen molar-refractivity contribution in [2.75, 3.05) is 50.4 Å². The van der Waals surface area contributed by atoms with Gasteiger partial charge in [0.25, 0.3) is 0 Å². The molecule has 0 unspecified atom stereocenters. The van der Waals surface area contributed by atoms with Crippen LogP contribution in [0.15, 0.2) is 53.5 Å². The Morgan fingerprint density at radius 1 is 1.12 bits per heavy atom. The summed E-state index contributed by atoms with van der Waals surface area (Å²) in [5, 5.41) is 1.96. The fourth-order valence-electron chi connectivity index (χ4n) is 3.75. The Kier molecular flexibility index (Phi) is 6.20. The molecular formula is C23H27N5O4. The highest BCUT2D eigenvalue weighted by Crippen LogP contribution is 2.31. The fraction of sp³-hybridized carbons (Fsp3) is 0.261. The van der Waals surface area contributed by atoms with Crippen molar-refractivity contribution in [3.05, 3.63) is 64.5 Å². The summed E-state index contributed by atoms with van der Waals surface area (Å²) in [6.45, 7) is 2.67. The van der Waals surface area contributed by atoms with Gasteiger partial charge >= 0.3 is 0 Å². The van der Waals surface area contributed by atoms with Crippen LogP contribution < -0.4 is 36.4 Å². The first-order valence-electron chi connectivity index (χ1n) is 10.2. The molecule has 168 valence electrons. The van der Waals surface area contributed by atoms with Gasteiger partial charge in [-0.15, -0.1) is 0 Å². The van der Waals surface area contributed by atoms with Crippen LogP contribution in [0.1, 0.15) is 5.56 Å². The third kappa shape index (κ3) is 4.20. The third-order valence-electron chi connectivity index (χ3n) is 5.46. The van der Waals surface area contributed by atoms with E-state index >= 15 is 0 Å². The first-order valence-corrected chi connectivity index (χ1v) is 10.2. The van der Waals surface area contributed by atoms with Gasteiger partial charge in [0.1, 0.15) is 5.82 Å². The molecule has 0 radical (unpaired) electrons. The van der Waals surface area contributed by atoms with Crippen LogP contribution in [0.2, 0.25) is 0 Å². The lowest BCUT2D eigenvalue weighted by Gasteiger charge is -2.28. The third-order valence-corrected chi connectivity index (χ3v) is 5.46. The minimum absolute atomic E-state index is 0.0700. The van der Waals surface area contributed by atoms with Gasteiger partial charge < -0.3 is 29.8 Å². The number of pyridine rings is 1. The van der Waals surface area contributed by atoms with Crippen LogP contribution in [0.25, 0.3) is 16.6 Å². The molecular weight excluding hydrogens is 410 g/mol. The Hall–Kier alpha value is -3.69. The number of para-hydroxylation sites is 1. The van der Waals surface area contributed by atoms with Crippen molar-refractivity contribution in [1.82, 2.24) is 4.98 Å². The summed E-state index contributed by atoms with van der Waals surface area (Å²) >= 11 is 0. The van der Waals surface area contributed by atoms with E-state index in [-0.39, 0.29) is 5.43 Å². The minimum Gasteiger partial charge on any atom is -0.493 e. The number of hydrogen-bond acceptors (Lipinski definition) is 8. The summed E-state index contributed by atoms with van der Waals surface area (Å²) in [5.74, 6) is 8.16. The predicted molar refractivity (Wildman–Crippen MR) is 126 cm³/mol. The highest BCUT2D eigenvalue weighted by Gasteiger charge is 2.16. The zero-order valence-electron chi connectivity index (χ0n) is 18.1. The maximum Gasteiger partial charge on any atom is 0.191 e. The lowest BCUT2D eigenvalue weighted by atomic mass is 10.1. The fourth-order valence-corrected chi connectivity index (χ4v) is 3.75. The molecule has 1 aliphatic heterocycles. The van der Waals surface area contributed by atoms with E-state index in [1.54, 1.807) is 56.8 Å². The summed E-state index contributed by atoms with van der Waals surface area (Å²) in [6, 6.07) is 12.4. The van der Waals surface area contributed by atoms with Crippen LogP contribution in [0, 0.1) is 0 Å². The highest BCUT2D eigenvalue weighted by molar-refractivity contribution is 5.91. The van der Waals surface area contributed by atoms with Crippen LogP contribution in [0.4, 0.5) is 11.5 Å². The number of hydrogen-bond donors (Lipinski definition) is 3. The molecule has 0 amide bonds. The number of morpholine rings is 1. The number of anilines is 2. The van der Waals surface area contributed by atoms with E-state index in [4.69, 9.17) is 25.8 Å². The van der Waals surface area contributed by atoms with Crippen molar-refractivity contribution in [3.8, 4) is 11.5 Å². The molecule has 9 heteroatoms. The number of nitrogens with two attached hydrogens (primary N) is 2. The van der Waals surface area contributed by atoms with Crippen molar-refractivity contribution in [1.29, 1.82) is 0 Å². The Labute approximate surface area is 185 Å². The van der Waals surface area contributed by atoms with Gasteiger partial charge in [0.05, 0.1) is 44.3 Å². The van der Waals surface area contributed by atoms with Crippen LogP contribution in [0.5, 0.6) is 11.5 Å². The molecule has 3 aromatic rings. The molecule has 1 aromatic heterocycles. The number of hydrazine groups is 1. The maximum absolute atomic E-state index is 12.8. The van der Waals surface area contributed by atoms with Crippen molar-refractivity contribution in [2.45, 2.75) is 0 Å². The van der Waals surface area contributed by atoms with Crippen molar-refractivity contribution in [3.63, 3.8) is 0 Å². The molecule has 2 heterocycles. The summed E-state index contributed by atoms with van der Waals surface area (Å²) in [4.78, 5) is 18.3. The molecule has 0 saturated carbocycles. The Morgan fingerprint density at radius 3 is 2.59 bits per heavy atom. The number of nitrogens with zero attached hydrogens (tertiary/aromatic N) is 2. The Balaban J connectivity index is 1.72. The smallest absolute Gasteiger partial charge is 0.191 e. The van der Waals surface area contributed by atoms with E-state index in [9.17, 15) is 4.79 Å². The molecule has 1 aliphatic rings. The average molecular weight is 438 g/mol. The largest absolute Gasteiger partial charge is 0.493 e. The zero-order chi connectivity index (χ0) is 22.7. The Bertz CT molecular complexity index is 1200. The average Bonchev–Trinajstić information content (AvgIpc) is 2.83. The van der Waals surface area contributed by atoms with Crippen molar-refractivity contribution < 1.29 is 14.2 Å². The summed E-state index contributed by atoms with van der Waals surface area (Å²) in [5.41, 5.74) is 8.78. The van der Waals surface area contributed by atoms with E-state index < -0.39 is 0 Å². The monoisotopic (exact) mass is 437 g/mol.